The Hall–Kier alpha value is -1.10. The first-order chi connectivity index (χ1) is 9.20. The van der Waals surface area contributed by atoms with Gasteiger partial charge in [0.25, 0.3) is 0 Å². The summed E-state index contributed by atoms with van der Waals surface area (Å²) in [7, 11) is 0. The van der Waals surface area contributed by atoms with Crippen LogP contribution in [0, 0.1) is 11.8 Å². The van der Waals surface area contributed by atoms with Gasteiger partial charge < -0.3 is 14.9 Å². The van der Waals surface area contributed by atoms with Crippen molar-refractivity contribution in [2.45, 2.75) is 38.1 Å². The van der Waals surface area contributed by atoms with Gasteiger partial charge in [-0.2, -0.15) is 0 Å². The van der Waals surface area contributed by atoms with Gasteiger partial charge in [0.1, 0.15) is 6.04 Å². The van der Waals surface area contributed by atoms with Gasteiger partial charge in [-0.1, -0.05) is 0 Å². The smallest absolute Gasteiger partial charge is 0.245 e. The van der Waals surface area contributed by atoms with Crippen LogP contribution in [0.3, 0.4) is 0 Å². The van der Waals surface area contributed by atoms with Crippen molar-refractivity contribution in [2.75, 3.05) is 26.2 Å². The number of aliphatic hydroxyl groups excluding tert-OH is 1. The highest BCUT2D eigenvalue weighted by molar-refractivity contribution is 5.90. The highest BCUT2D eigenvalue weighted by Crippen LogP contribution is 2.34. The monoisotopic (exact) mass is 266 g/mol. The largest absolute Gasteiger partial charge is 0.396 e. The molecule has 106 valence electrons. The summed E-state index contributed by atoms with van der Waals surface area (Å²) in [5, 5.41) is 9.15. The lowest BCUT2D eigenvalue weighted by molar-refractivity contribution is -0.144. The average Bonchev–Trinajstić information content (AvgIpc) is 2.98. The molecule has 0 spiro atoms. The fraction of sp³-hybridized carbons (Fsp3) is 0.857. The van der Waals surface area contributed by atoms with Crippen LogP contribution < -0.4 is 0 Å². The summed E-state index contributed by atoms with van der Waals surface area (Å²) in [6, 6.07) is -0.231. The molecule has 5 heteroatoms. The lowest BCUT2D eigenvalue weighted by atomic mass is 10.1. The second-order valence-electron chi connectivity index (χ2n) is 6.09. The molecule has 0 aromatic carbocycles. The van der Waals surface area contributed by atoms with E-state index in [4.69, 9.17) is 5.11 Å². The third-order valence-corrected chi connectivity index (χ3v) is 4.60. The van der Waals surface area contributed by atoms with Crippen LogP contribution in [0.4, 0.5) is 0 Å². The first-order valence-electron chi connectivity index (χ1n) is 7.41. The lowest BCUT2D eigenvalue weighted by Crippen LogP contribution is -2.47. The normalized spacial score (nSPS) is 31.0. The van der Waals surface area contributed by atoms with Crippen molar-refractivity contribution >= 4 is 11.8 Å². The summed E-state index contributed by atoms with van der Waals surface area (Å²) >= 11 is 0. The van der Waals surface area contributed by atoms with Gasteiger partial charge in [0.05, 0.1) is 0 Å². The Kier molecular flexibility index (Phi) is 3.48. The number of amides is 2. The lowest BCUT2D eigenvalue weighted by Gasteiger charge is -2.28. The van der Waals surface area contributed by atoms with Gasteiger partial charge in [0.15, 0.2) is 0 Å². The van der Waals surface area contributed by atoms with Crippen molar-refractivity contribution < 1.29 is 14.7 Å². The Morgan fingerprint density at radius 3 is 2.47 bits per heavy atom. The third kappa shape index (κ3) is 2.48. The molecule has 3 aliphatic rings. The zero-order valence-electron chi connectivity index (χ0n) is 11.3. The molecule has 2 aliphatic heterocycles. The van der Waals surface area contributed by atoms with Gasteiger partial charge in [0, 0.05) is 38.1 Å². The van der Waals surface area contributed by atoms with Gasteiger partial charge in [-0.3, -0.25) is 9.59 Å². The third-order valence-electron chi connectivity index (χ3n) is 4.60. The van der Waals surface area contributed by atoms with E-state index in [9.17, 15) is 9.59 Å². The van der Waals surface area contributed by atoms with E-state index in [-0.39, 0.29) is 36.3 Å². The zero-order chi connectivity index (χ0) is 13.4. The van der Waals surface area contributed by atoms with Crippen LogP contribution in [0.25, 0.3) is 0 Å². The van der Waals surface area contributed by atoms with E-state index in [1.165, 1.54) is 0 Å². The molecule has 2 unspecified atom stereocenters. The zero-order valence-corrected chi connectivity index (χ0v) is 11.3. The summed E-state index contributed by atoms with van der Waals surface area (Å²) in [6.45, 7) is 2.27. The van der Waals surface area contributed by atoms with Crippen molar-refractivity contribution in [3.8, 4) is 0 Å². The Balaban J connectivity index is 1.63. The van der Waals surface area contributed by atoms with Gasteiger partial charge >= 0.3 is 0 Å². The minimum atomic E-state index is -0.231. The van der Waals surface area contributed by atoms with Crippen molar-refractivity contribution in [2.24, 2.45) is 11.8 Å². The van der Waals surface area contributed by atoms with Gasteiger partial charge in [0.2, 0.25) is 11.8 Å². The highest BCUT2D eigenvalue weighted by atomic mass is 16.3. The first-order valence-corrected chi connectivity index (χ1v) is 7.41. The average molecular weight is 266 g/mol. The second-order valence-corrected chi connectivity index (χ2v) is 6.09. The van der Waals surface area contributed by atoms with Crippen molar-refractivity contribution in [1.29, 1.82) is 0 Å². The molecule has 0 aromatic rings. The predicted molar refractivity (Wildman–Crippen MR) is 69.2 cm³/mol. The summed E-state index contributed by atoms with van der Waals surface area (Å²) in [5.74, 6) is 0.700. The number of nitrogens with zero attached hydrogens (tertiary/aromatic N) is 2. The standard InChI is InChI=1S/C14H22N2O3/c17-9-10-5-7-15(8-10)14(19)12-2-1-6-16(12)13(18)11-3-4-11/h10-12,17H,1-9H2. The van der Waals surface area contributed by atoms with Crippen LogP contribution in [0.5, 0.6) is 0 Å². The summed E-state index contributed by atoms with van der Waals surface area (Å²) < 4.78 is 0. The maximum Gasteiger partial charge on any atom is 0.245 e. The van der Waals surface area contributed by atoms with Crippen LogP contribution in [-0.4, -0.2) is 59.0 Å². The van der Waals surface area contributed by atoms with Crippen molar-refractivity contribution in [3.05, 3.63) is 0 Å². The van der Waals surface area contributed by atoms with Crippen LogP contribution in [-0.2, 0) is 9.59 Å². The van der Waals surface area contributed by atoms with Gasteiger partial charge in [-0.15, -0.1) is 0 Å². The van der Waals surface area contributed by atoms with E-state index in [1.54, 1.807) is 0 Å². The SMILES string of the molecule is O=C(C1CCCN1C(=O)C1CC1)N1CCC(CO)C1. The number of rotatable bonds is 3. The fourth-order valence-electron chi connectivity index (χ4n) is 3.24. The second kappa shape index (κ2) is 5.12. The fourth-order valence-corrected chi connectivity index (χ4v) is 3.24. The molecule has 0 radical (unpaired) electrons. The molecular formula is C14H22N2O3. The minimum absolute atomic E-state index is 0.0995. The number of likely N-dealkylation sites (tertiary alicyclic amines) is 2. The predicted octanol–water partition coefficient (Wildman–Crippen LogP) is 0.228. The summed E-state index contributed by atoms with van der Waals surface area (Å²) in [4.78, 5) is 28.3. The van der Waals surface area contributed by atoms with E-state index < -0.39 is 0 Å². The molecule has 0 aromatic heterocycles. The maximum atomic E-state index is 12.5. The molecule has 1 N–H and O–H groups in total. The molecule has 2 saturated heterocycles. The number of aliphatic hydroxyl groups is 1. The molecule has 1 saturated carbocycles. The molecule has 5 nitrogen and oxygen atoms in total. The molecule has 3 fully saturated rings. The van der Waals surface area contributed by atoms with Crippen LogP contribution in [0.1, 0.15) is 32.1 Å². The summed E-state index contributed by atoms with van der Waals surface area (Å²) in [5.41, 5.74) is 0. The van der Waals surface area contributed by atoms with E-state index >= 15 is 0 Å². The van der Waals surface area contributed by atoms with Crippen LogP contribution in [0.15, 0.2) is 0 Å². The number of carbonyl (C=O) groups excluding carboxylic acids is 2. The molecule has 2 atom stereocenters. The maximum absolute atomic E-state index is 12.5. The minimum Gasteiger partial charge on any atom is -0.396 e. The molecule has 2 heterocycles. The molecule has 0 bridgehead atoms. The Morgan fingerprint density at radius 2 is 1.84 bits per heavy atom. The molecule has 2 amide bonds. The van der Waals surface area contributed by atoms with Crippen molar-refractivity contribution in [3.63, 3.8) is 0 Å². The topological polar surface area (TPSA) is 60.9 Å². The molecule has 1 aliphatic carbocycles. The Labute approximate surface area is 113 Å². The number of carbonyl (C=O) groups is 2. The Bertz CT molecular complexity index is 381. The van der Waals surface area contributed by atoms with Crippen molar-refractivity contribution in [1.82, 2.24) is 9.80 Å². The Morgan fingerprint density at radius 1 is 1.05 bits per heavy atom. The molecular weight excluding hydrogens is 244 g/mol. The highest BCUT2D eigenvalue weighted by Gasteiger charge is 2.42. The molecule has 3 rings (SSSR count). The van der Waals surface area contributed by atoms with Gasteiger partial charge in [-0.05, 0) is 32.1 Å². The van der Waals surface area contributed by atoms with Crippen LogP contribution >= 0.6 is 0 Å². The summed E-state index contributed by atoms with van der Waals surface area (Å²) in [6.07, 6.45) is 4.61. The van der Waals surface area contributed by atoms with E-state index in [1.807, 2.05) is 9.80 Å². The van der Waals surface area contributed by atoms with Gasteiger partial charge in [-0.25, -0.2) is 0 Å². The van der Waals surface area contributed by atoms with E-state index in [0.717, 1.165) is 45.2 Å². The van der Waals surface area contributed by atoms with E-state index in [0.29, 0.717) is 6.54 Å². The molecule has 19 heavy (non-hydrogen) atoms. The van der Waals surface area contributed by atoms with E-state index in [2.05, 4.69) is 0 Å². The number of hydrogen-bond donors (Lipinski definition) is 1. The number of hydrogen-bond acceptors (Lipinski definition) is 3. The van der Waals surface area contributed by atoms with Crippen LogP contribution in [0.2, 0.25) is 0 Å². The first kappa shape index (κ1) is 12.9. The quantitative estimate of drug-likeness (QED) is 0.795.